The van der Waals surface area contributed by atoms with E-state index in [-0.39, 0.29) is 5.54 Å². The SMILES string of the molecule is CC#CCCC(=O)C(CC)(CC)N(C)C. The van der Waals surface area contributed by atoms with E-state index in [9.17, 15) is 4.79 Å². The van der Waals surface area contributed by atoms with E-state index in [0.717, 1.165) is 12.8 Å². The monoisotopic (exact) mass is 209 g/mol. The summed E-state index contributed by atoms with van der Waals surface area (Å²) in [5.74, 6) is 6.09. The Labute approximate surface area is 94.0 Å². The van der Waals surface area contributed by atoms with Gasteiger partial charge in [-0.05, 0) is 33.9 Å². The second kappa shape index (κ2) is 6.63. The summed E-state index contributed by atoms with van der Waals surface area (Å²) in [7, 11) is 3.97. The van der Waals surface area contributed by atoms with E-state index in [1.165, 1.54) is 0 Å². The fourth-order valence-electron chi connectivity index (χ4n) is 2.06. The minimum atomic E-state index is -0.282. The second-order valence-electron chi connectivity index (χ2n) is 3.98. The summed E-state index contributed by atoms with van der Waals surface area (Å²) in [4.78, 5) is 14.2. The Hall–Kier alpha value is -0.810. The average molecular weight is 209 g/mol. The van der Waals surface area contributed by atoms with Gasteiger partial charge in [0.2, 0.25) is 0 Å². The number of rotatable bonds is 6. The second-order valence-corrected chi connectivity index (χ2v) is 3.98. The zero-order chi connectivity index (χ0) is 11.9. The van der Waals surface area contributed by atoms with Gasteiger partial charge >= 0.3 is 0 Å². The number of carbonyl (C=O) groups excluding carboxylic acids is 1. The maximum atomic E-state index is 12.1. The van der Waals surface area contributed by atoms with Crippen LogP contribution in [0.1, 0.15) is 46.5 Å². The Morgan fingerprint density at radius 1 is 1.27 bits per heavy atom. The molecule has 0 aromatic rings. The molecule has 0 saturated heterocycles. The number of likely N-dealkylation sites (N-methyl/N-ethyl adjacent to an activating group) is 1. The lowest BCUT2D eigenvalue weighted by Crippen LogP contribution is -2.50. The van der Waals surface area contributed by atoms with E-state index in [1.807, 2.05) is 21.0 Å². The number of nitrogens with zero attached hydrogens (tertiary/aromatic N) is 1. The van der Waals surface area contributed by atoms with Crippen molar-refractivity contribution in [1.29, 1.82) is 0 Å². The number of ketones is 1. The molecule has 2 nitrogen and oxygen atoms in total. The minimum Gasteiger partial charge on any atom is -0.298 e. The Morgan fingerprint density at radius 2 is 1.80 bits per heavy atom. The van der Waals surface area contributed by atoms with Crippen molar-refractivity contribution in [1.82, 2.24) is 4.90 Å². The summed E-state index contributed by atoms with van der Waals surface area (Å²) in [5, 5.41) is 0. The van der Waals surface area contributed by atoms with Crippen molar-refractivity contribution in [3.63, 3.8) is 0 Å². The molecular formula is C13H23NO. The van der Waals surface area contributed by atoms with Gasteiger partial charge in [-0.15, -0.1) is 11.8 Å². The molecule has 0 rings (SSSR count). The lowest BCUT2D eigenvalue weighted by atomic mass is 9.84. The summed E-state index contributed by atoms with van der Waals surface area (Å²) in [6, 6.07) is 0. The number of Topliss-reactive ketones (excluding diaryl/α,β-unsaturated/α-hetero) is 1. The molecule has 2 heteroatoms. The van der Waals surface area contributed by atoms with Gasteiger partial charge in [-0.25, -0.2) is 0 Å². The third kappa shape index (κ3) is 3.35. The zero-order valence-corrected chi connectivity index (χ0v) is 10.7. The molecular weight excluding hydrogens is 186 g/mol. The first-order chi connectivity index (χ1) is 7.05. The molecule has 0 amide bonds. The van der Waals surface area contributed by atoms with E-state index in [1.54, 1.807) is 0 Å². The first kappa shape index (κ1) is 14.2. The summed E-state index contributed by atoms with van der Waals surface area (Å²) in [6.07, 6.45) is 3.00. The first-order valence-corrected chi connectivity index (χ1v) is 5.65. The van der Waals surface area contributed by atoms with Gasteiger partial charge in [0.25, 0.3) is 0 Å². The van der Waals surface area contributed by atoms with Gasteiger partial charge in [0.05, 0.1) is 5.54 Å². The molecule has 0 aliphatic heterocycles. The molecule has 0 radical (unpaired) electrons. The first-order valence-electron chi connectivity index (χ1n) is 5.65. The quantitative estimate of drug-likeness (QED) is 0.626. The molecule has 86 valence electrons. The molecule has 0 aliphatic rings. The predicted octanol–water partition coefficient (Wildman–Crippen LogP) is 2.48. The molecule has 0 saturated carbocycles. The molecule has 0 atom stereocenters. The van der Waals surface area contributed by atoms with Gasteiger partial charge in [-0.3, -0.25) is 9.69 Å². The van der Waals surface area contributed by atoms with Crippen LogP contribution < -0.4 is 0 Å². The van der Waals surface area contributed by atoms with Crippen LogP contribution in [-0.2, 0) is 4.79 Å². The summed E-state index contributed by atoms with van der Waals surface area (Å²) >= 11 is 0. The van der Waals surface area contributed by atoms with Gasteiger partial charge in [-0.1, -0.05) is 13.8 Å². The number of hydrogen-bond acceptors (Lipinski definition) is 2. The molecule has 0 aromatic heterocycles. The Morgan fingerprint density at radius 3 is 2.13 bits per heavy atom. The van der Waals surface area contributed by atoms with Crippen LogP contribution in [0.3, 0.4) is 0 Å². The van der Waals surface area contributed by atoms with E-state index in [2.05, 4.69) is 30.6 Å². The lowest BCUT2D eigenvalue weighted by Gasteiger charge is -2.37. The van der Waals surface area contributed by atoms with Gasteiger partial charge in [0.1, 0.15) is 0 Å². The van der Waals surface area contributed by atoms with E-state index >= 15 is 0 Å². The molecule has 15 heavy (non-hydrogen) atoms. The van der Waals surface area contributed by atoms with Crippen LogP contribution in [0.15, 0.2) is 0 Å². The Bertz CT molecular complexity index is 253. The largest absolute Gasteiger partial charge is 0.298 e. The van der Waals surface area contributed by atoms with Crippen molar-refractivity contribution in [3.05, 3.63) is 0 Å². The van der Waals surface area contributed by atoms with Crippen LogP contribution in [0.5, 0.6) is 0 Å². The normalized spacial score (nSPS) is 11.1. The van der Waals surface area contributed by atoms with E-state index in [0.29, 0.717) is 18.6 Å². The van der Waals surface area contributed by atoms with Gasteiger partial charge in [-0.2, -0.15) is 0 Å². The summed E-state index contributed by atoms with van der Waals surface area (Å²) < 4.78 is 0. The van der Waals surface area contributed by atoms with Crippen molar-refractivity contribution < 1.29 is 4.79 Å². The van der Waals surface area contributed by atoms with Crippen LogP contribution in [0.2, 0.25) is 0 Å². The standard InChI is InChI=1S/C13H23NO/c1-6-9-10-11-12(15)13(7-2,8-3)14(4)5/h7-8,10-11H2,1-5H3. The van der Waals surface area contributed by atoms with E-state index in [4.69, 9.17) is 0 Å². The highest BCUT2D eigenvalue weighted by Crippen LogP contribution is 2.24. The molecule has 0 N–H and O–H groups in total. The molecule has 0 unspecified atom stereocenters. The summed E-state index contributed by atoms with van der Waals surface area (Å²) in [6.45, 7) is 5.96. The highest BCUT2D eigenvalue weighted by Gasteiger charge is 2.35. The van der Waals surface area contributed by atoms with Gasteiger partial charge in [0, 0.05) is 12.8 Å². The fourth-order valence-corrected chi connectivity index (χ4v) is 2.06. The Balaban J connectivity index is 4.59. The third-order valence-corrected chi connectivity index (χ3v) is 3.20. The topological polar surface area (TPSA) is 20.3 Å². The van der Waals surface area contributed by atoms with Crippen LogP contribution in [0.25, 0.3) is 0 Å². The van der Waals surface area contributed by atoms with E-state index < -0.39 is 0 Å². The number of carbonyl (C=O) groups is 1. The third-order valence-electron chi connectivity index (χ3n) is 3.20. The lowest BCUT2D eigenvalue weighted by molar-refractivity contribution is -0.130. The van der Waals surface area contributed by atoms with Crippen LogP contribution in [-0.4, -0.2) is 30.3 Å². The van der Waals surface area contributed by atoms with Gasteiger partial charge < -0.3 is 0 Å². The summed E-state index contributed by atoms with van der Waals surface area (Å²) in [5.41, 5.74) is -0.282. The smallest absolute Gasteiger partial charge is 0.153 e. The van der Waals surface area contributed by atoms with Crippen molar-refractivity contribution in [2.75, 3.05) is 14.1 Å². The molecule has 0 bridgehead atoms. The minimum absolute atomic E-state index is 0.282. The maximum absolute atomic E-state index is 12.1. The highest BCUT2D eigenvalue weighted by molar-refractivity contribution is 5.88. The van der Waals surface area contributed by atoms with Crippen molar-refractivity contribution in [2.24, 2.45) is 0 Å². The van der Waals surface area contributed by atoms with Crippen LogP contribution in [0, 0.1) is 11.8 Å². The molecule has 0 spiro atoms. The molecule has 0 fully saturated rings. The molecule has 0 heterocycles. The molecule has 0 aliphatic carbocycles. The average Bonchev–Trinajstić information content (AvgIpc) is 2.20. The Kier molecular flexibility index (Phi) is 6.27. The van der Waals surface area contributed by atoms with Crippen molar-refractivity contribution >= 4 is 5.78 Å². The van der Waals surface area contributed by atoms with Gasteiger partial charge in [0.15, 0.2) is 5.78 Å². The predicted molar refractivity (Wildman–Crippen MR) is 64.7 cm³/mol. The zero-order valence-electron chi connectivity index (χ0n) is 10.7. The van der Waals surface area contributed by atoms with Crippen molar-refractivity contribution in [2.45, 2.75) is 52.0 Å². The van der Waals surface area contributed by atoms with Crippen molar-refractivity contribution in [3.8, 4) is 11.8 Å². The van der Waals surface area contributed by atoms with Crippen LogP contribution >= 0.6 is 0 Å². The highest BCUT2D eigenvalue weighted by atomic mass is 16.1. The number of hydrogen-bond donors (Lipinski definition) is 0. The van der Waals surface area contributed by atoms with Crippen LogP contribution in [0.4, 0.5) is 0 Å². The fraction of sp³-hybridized carbons (Fsp3) is 0.769. The maximum Gasteiger partial charge on any atom is 0.153 e. The molecule has 0 aromatic carbocycles.